The molecule has 0 aliphatic carbocycles. The van der Waals surface area contributed by atoms with Gasteiger partial charge in [0.2, 0.25) is 0 Å². The molecular formula is C21H35N5O3S. The van der Waals surface area contributed by atoms with Crippen molar-refractivity contribution in [3.8, 4) is 0 Å². The Labute approximate surface area is 183 Å². The van der Waals surface area contributed by atoms with Gasteiger partial charge in [-0.2, -0.15) is 0 Å². The van der Waals surface area contributed by atoms with E-state index in [4.69, 9.17) is 14.5 Å². The van der Waals surface area contributed by atoms with E-state index in [-0.39, 0.29) is 12.1 Å². The first-order chi connectivity index (χ1) is 14.7. The van der Waals surface area contributed by atoms with Gasteiger partial charge in [0, 0.05) is 43.6 Å². The fourth-order valence-corrected chi connectivity index (χ4v) is 4.72. The third kappa shape index (κ3) is 6.58. The number of rotatable bonds is 7. The Hall–Kier alpha value is -1.84. The summed E-state index contributed by atoms with van der Waals surface area (Å²) < 4.78 is 10.6. The van der Waals surface area contributed by atoms with Crippen LogP contribution in [-0.2, 0) is 9.47 Å². The molecule has 1 atom stereocenters. The van der Waals surface area contributed by atoms with Gasteiger partial charge >= 0.3 is 6.09 Å². The number of nitrogens with one attached hydrogen (secondary N) is 2. The number of guanidine groups is 1. The molecule has 1 unspecified atom stereocenters. The molecule has 30 heavy (non-hydrogen) atoms. The quantitative estimate of drug-likeness (QED) is 0.503. The topological polar surface area (TPSA) is 78.4 Å². The Kier molecular flexibility index (Phi) is 9.23. The third-order valence-electron chi connectivity index (χ3n) is 5.49. The molecule has 0 aromatic carbocycles. The summed E-state index contributed by atoms with van der Waals surface area (Å²) in [4.78, 5) is 22.4. The molecule has 1 amide bonds. The van der Waals surface area contributed by atoms with E-state index in [2.05, 4.69) is 40.0 Å². The number of amides is 1. The van der Waals surface area contributed by atoms with Crippen LogP contribution in [0.5, 0.6) is 0 Å². The Balaban J connectivity index is 1.58. The number of piperidine rings is 1. The molecule has 168 valence electrons. The lowest BCUT2D eigenvalue weighted by molar-refractivity contribution is 0.0186. The van der Waals surface area contributed by atoms with Crippen molar-refractivity contribution in [3.63, 3.8) is 0 Å². The second kappa shape index (κ2) is 12.1. The maximum Gasteiger partial charge on any atom is 0.409 e. The molecule has 0 bridgehead atoms. The summed E-state index contributed by atoms with van der Waals surface area (Å²) in [7, 11) is 0. The molecular weight excluding hydrogens is 402 g/mol. The van der Waals surface area contributed by atoms with Crippen LogP contribution < -0.4 is 10.6 Å². The highest BCUT2D eigenvalue weighted by Crippen LogP contribution is 2.26. The number of morpholine rings is 1. The molecule has 3 heterocycles. The van der Waals surface area contributed by atoms with Crippen molar-refractivity contribution in [1.29, 1.82) is 0 Å². The molecule has 8 nitrogen and oxygen atoms in total. The molecule has 2 saturated heterocycles. The molecule has 1 aromatic heterocycles. The van der Waals surface area contributed by atoms with Crippen molar-refractivity contribution >= 4 is 23.4 Å². The minimum atomic E-state index is -0.208. The van der Waals surface area contributed by atoms with Crippen LogP contribution in [0.1, 0.15) is 37.6 Å². The van der Waals surface area contributed by atoms with Crippen LogP contribution in [0.25, 0.3) is 0 Å². The monoisotopic (exact) mass is 437 g/mol. The summed E-state index contributed by atoms with van der Waals surface area (Å²) >= 11 is 1.79. The predicted molar refractivity (Wildman–Crippen MR) is 120 cm³/mol. The van der Waals surface area contributed by atoms with Crippen molar-refractivity contribution in [2.45, 2.75) is 38.8 Å². The van der Waals surface area contributed by atoms with Gasteiger partial charge in [0.25, 0.3) is 0 Å². The second-order valence-corrected chi connectivity index (χ2v) is 8.48. The van der Waals surface area contributed by atoms with E-state index in [9.17, 15) is 4.79 Å². The lowest BCUT2D eigenvalue weighted by Crippen LogP contribution is -2.50. The number of hydrogen-bond acceptors (Lipinski definition) is 6. The van der Waals surface area contributed by atoms with Crippen LogP contribution >= 0.6 is 11.3 Å². The van der Waals surface area contributed by atoms with Gasteiger partial charge in [0.05, 0.1) is 32.4 Å². The average Bonchev–Trinajstić information content (AvgIpc) is 3.30. The molecule has 3 rings (SSSR count). The first-order valence-corrected chi connectivity index (χ1v) is 11.9. The van der Waals surface area contributed by atoms with Gasteiger partial charge in [-0.3, -0.25) is 9.89 Å². The van der Waals surface area contributed by atoms with Gasteiger partial charge < -0.3 is 25.0 Å². The molecule has 2 fully saturated rings. The standard InChI is InChI=1S/C21H35N5O3S/c1-3-22-20(24-17-7-9-26(10-8-17)21(27)29-4-2)23-16-18(19-6-5-15-30-19)25-11-13-28-14-12-25/h5-6,15,17-18H,3-4,7-14,16H2,1-2H3,(H2,22,23,24). The van der Waals surface area contributed by atoms with E-state index in [0.717, 1.165) is 51.6 Å². The van der Waals surface area contributed by atoms with Gasteiger partial charge in [-0.05, 0) is 38.1 Å². The molecule has 0 spiro atoms. The van der Waals surface area contributed by atoms with Crippen molar-refractivity contribution < 1.29 is 14.3 Å². The lowest BCUT2D eigenvalue weighted by Gasteiger charge is -2.34. The molecule has 1 aromatic rings. The SMILES string of the molecule is CCNC(=NCC(c1cccs1)N1CCOCC1)NC1CCN(C(=O)OCC)CC1. The van der Waals surface area contributed by atoms with E-state index < -0.39 is 0 Å². The molecule has 0 saturated carbocycles. The lowest BCUT2D eigenvalue weighted by atomic mass is 10.1. The van der Waals surface area contributed by atoms with Crippen molar-refractivity contribution in [2.24, 2.45) is 4.99 Å². The van der Waals surface area contributed by atoms with E-state index in [1.807, 2.05) is 6.92 Å². The zero-order valence-electron chi connectivity index (χ0n) is 18.1. The smallest absolute Gasteiger partial charge is 0.409 e. The number of carbonyl (C=O) groups is 1. The summed E-state index contributed by atoms with van der Waals surface area (Å²) in [5.74, 6) is 0.849. The van der Waals surface area contributed by atoms with Gasteiger partial charge in [0.15, 0.2) is 5.96 Å². The normalized spacial score (nSPS) is 20.1. The maximum absolute atomic E-state index is 11.9. The Morgan fingerprint density at radius 1 is 1.30 bits per heavy atom. The fraction of sp³-hybridized carbons (Fsp3) is 0.714. The first-order valence-electron chi connectivity index (χ1n) is 11.0. The largest absolute Gasteiger partial charge is 0.450 e. The number of nitrogens with zero attached hydrogens (tertiary/aromatic N) is 3. The molecule has 2 aliphatic heterocycles. The molecule has 0 radical (unpaired) electrons. The van der Waals surface area contributed by atoms with E-state index in [1.54, 1.807) is 16.2 Å². The Bertz CT molecular complexity index is 656. The van der Waals surface area contributed by atoms with Crippen LogP contribution in [0.4, 0.5) is 4.79 Å². The average molecular weight is 438 g/mol. The van der Waals surface area contributed by atoms with E-state index >= 15 is 0 Å². The number of hydrogen-bond donors (Lipinski definition) is 2. The zero-order valence-corrected chi connectivity index (χ0v) is 19.0. The van der Waals surface area contributed by atoms with Crippen LogP contribution in [0.2, 0.25) is 0 Å². The fourth-order valence-electron chi connectivity index (χ4n) is 3.87. The second-order valence-electron chi connectivity index (χ2n) is 7.50. The van der Waals surface area contributed by atoms with Gasteiger partial charge in [-0.15, -0.1) is 11.3 Å². The van der Waals surface area contributed by atoms with E-state index in [0.29, 0.717) is 32.3 Å². The Morgan fingerprint density at radius 3 is 2.70 bits per heavy atom. The number of likely N-dealkylation sites (tertiary alicyclic amines) is 1. The third-order valence-corrected chi connectivity index (χ3v) is 6.46. The van der Waals surface area contributed by atoms with Crippen LogP contribution in [0, 0.1) is 0 Å². The molecule has 2 N–H and O–H groups in total. The van der Waals surface area contributed by atoms with E-state index in [1.165, 1.54) is 4.88 Å². The number of aliphatic imine (C=N–C) groups is 1. The number of thiophene rings is 1. The Morgan fingerprint density at radius 2 is 2.07 bits per heavy atom. The predicted octanol–water partition coefficient (Wildman–Crippen LogP) is 2.30. The number of carbonyl (C=O) groups excluding carboxylic acids is 1. The summed E-state index contributed by atoms with van der Waals surface area (Å²) in [6.07, 6.45) is 1.57. The highest BCUT2D eigenvalue weighted by molar-refractivity contribution is 7.10. The van der Waals surface area contributed by atoms with Gasteiger partial charge in [0.1, 0.15) is 0 Å². The summed E-state index contributed by atoms with van der Waals surface area (Å²) in [5.41, 5.74) is 0. The van der Waals surface area contributed by atoms with Crippen LogP contribution in [0.15, 0.2) is 22.5 Å². The highest BCUT2D eigenvalue weighted by Gasteiger charge is 2.25. The van der Waals surface area contributed by atoms with Crippen LogP contribution in [-0.4, -0.2) is 87.0 Å². The van der Waals surface area contributed by atoms with Crippen molar-refractivity contribution in [3.05, 3.63) is 22.4 Å². The summed E-state index contributed by atoms with van der Waals surface area (Å²) in [6.45, 7) is 10.7. The summed E-state index contributed by atoms with van der Waals surface area (Å²) in [5, 5.41) is 9.09. The van der Waals surface area contributed by atoms with Gasteiger partial charge in [-0.25, -0.2) is 4.79 Å². The first kappa shape index (κ1) is 22.8. The summed E-state index contributed by atoms with van der Waals surface area (Å²) in [6, 6.07) is 4.89. The van der Waals surface area contributed by atoms with Crippen LogP contribution in [0.3, 0.4) is 0 Å². The zero-order chi connectivity index (χ0) is 21.2. The van der Waals surface area contributed by atoms with Crippen molar-refractivity contribution in [2.75, 3.05) is 59.1 Å². The van der Waals surface area contributed by atoms with Gasteiger partial charge in [-0.1, -0.05) is 6.07 Å². The molecule has 2 aliphatic rings. The minimum Gasteiger partial charge on any atom is -0.450 e. The van der Waals surface area contributed by atoms with Crippen molar-refractivity contribution in [1.82, 2.24) is 20.4 Å². The maximum atomic E-state index is 11.9. The highest BCUT2D eigenvalue weighted by atomic mass is 32.1. The minimum absolute atomic E-state index is 0.208. The molecule has 9 heteroatoms. The number of ether oxygens (including phenoxy) is 2.